The van der Waals surface area contributed by atoms with E-state index in [4.69, 9.17) is 0 Å². The van der Waals surface area contributed by atoms with Gasteiger partial charge in [-0.2, -0.15) is 5.10 Å². The van der Waals surface area contributed by atoms with Crippen molar-refractivity contribution in [1.29, 1.82) is 0 Å². The number of aromatic nitrogens is 4. The Morgan fingerprint density at radius 2 is 1.92 bits per heavy atom. The van der Waals surface area contributed by atoms with E-state index in [9.17, 15) is 4.79 Å². The summed E-state index contributed by atoms with van der Waals surface area (Å²) in [7, 11) is 0. The molecule has 6 heteroatoms. The predicted molar refractivity (Wildman–Crippen MR) is 97.4 cm³/mol. The number of rotatable bonds is 4. The van der Waals surface area contributed by atoms with Gasteiger partial charge in [-0.05, 0) is 37.3 Å². The molecule has 0 aliphatic carbocycles. The highest BCUT2D eigenvalue weighted by Crippen LogP contribution is 2.27. The predicted octanol–water partition coefficient (Wildman–Crippen LogP) is 3.70. The Bertz CT molecular complexity index is 1010. The van der Waals surface area contributed by atoms with E-state index in [0.717, 1.165) is 29.0 Å². The normalized spacial score (nSPS) is 10.9. The van der Waals surface area contributed by atoms with Gasteiger partial charge in [-0.15, -0.1) is 0 Å². The standard InChI is InChI=1S/C19H17N5O/c1-2-24-12-11-17(23-24)19(25)22-14-8-4-3-7-13(14)18-20-15-9-5-6-10-16(15)21-18/h3-12H,2H2,1H3,(H,20,21)(H,22,25). The summed E-state index contributed by atoms with van der Waals surface area (Å²) in [5, 5.41) is 7.18. The van der Waals surface area contributed by atoms with Crippen LogP contribution in [0.3, 0.4) is 0 Å². The van der Waals surface area contributed by atoms with Crippen molar-refractivity contribution in [3.8, 4) is 11.4 Å². The number of amides is 1. The van der Waals surface area contributed by atoms with Gasteiger partial charge in [0, 0.05) is 18.3 Å². The van der Waals surface area contributed by atoms with Gasteiger partial charge in [0.25, 0.3) is 5.91 Å². The van der Waals surface area contributed by atoms with Crippen molar-refractivity contribution >= 4 is 22.6 Å². The van der Waals surface area contributed by atoms with Crippen molar-refractivity contribution in [2.45, 2.75) is 13.5 Å². The Labute approximate surface area is 144 Å². The molecule has 1 amide bonds. The summed E-state index contributed by atoms with van der Waals surface area (Å²) in [5.74, 6) is 0.479. The van der Waals surface area contributed by atoms with Crippen LogP contribution in [0.25, 0.3) is 22.4 Å². The topological polar surface area (TPSA) is 75.6 Å². The summed E-state index contributed by atoms with van der Waals surface area (Å²) in [4.78, 5) is 20.4. The monoisotopic (exact) mass is 331 g/mol. The van der Waals surface area contributed by atoms with Gasteiger partial charge >= 0.3 is 0 Å². The summed E-state index contributed by atoms with van der Waals surface area (Å²) in [6.07, 6.45) is 1.79. The second kappa shape index (κ2) is 6.24. The molecule has 0 saturated carbocycles. The van der Waals surface area contributed by atoms with Crippen molar-refractivity contribution in [3.63, 3.8) is 0 Å². The van der Waals surface area contributed by atoms with Gasteiger partial charge in [0.2, 0.25) is 0 Å². The number of fused-ring (bicyclic) bond motifs is 1. The molecule has 2 N–H and O–H groups in total. The smallest absolute Gasteiger partial charge is 0.276 e. The van der Waals surface area contributed by atoms with Gasteiger partial charge in [0.05, 0.1) is 16.7 Å². The van der Waals surface area contributed by atoms with Crippen molar-refractivity contribution in [1.82, 2.24) is 19.7 Å². The van der Waals surface area contributed by atoms with Crippen LogP contribution in [-0.4, -0.2) is 25.7 Å². The Morgan fingerprint density at radius 1 is 1.12 bits per heavy atom. The van der Waals surface area contributed by atoms with Gasteiger partial charge < -0.3 is 10.3 Å². The van der Waals surface area contributed by atoms with Crippen molar-refractivity contribution < 1.29 is 4.79 Å². The lowest BCUT2D eigenvalue weighted by atomic mass is 10.1. The molecule has 2 aromatic carbocycles. The lowest BCUT2D eigenvalue weighted by molar-refractivity contribution is 0.102. The molecule has 6 nitrogen and oxygen atoms in total. The van der Waals surface area contributed by atoms with E-state index in [1.54, 1.807) is 16.9 Å². The summed E-state index contributed by atoms with van der Waals surface area (Å²) in [6, 6.07) is 17.1. The Balaban J connectivity index is 1.68. The zero-order chi connectivity index (χ0) is 17.2. The lowest BCUT2D eigenvalue weighted by Crippen LogP contribution is -2.14. The number of anilines is 1. The first-order valence-electron chi connectivity index (χ1n) is 8.13. The molecule has 0 aliphatic rings. The first-order chi connectivity index (χ1) is 12.2. The maximum atomic E-state index is 12.5. The minimum atomic E-state index is -0.240. The third-order valence-electron chi connectivity index (χ3n) is 4.02. The van der Waals surface area contributed by atoms with Gasteiger partial charge in [-0.3, -0.25) is 9.48 Å². The molecule has 0 saturated heterocycles. The fourth-order valence-corrected chi connectivity index (χ4v) is 2.72. The van der Waals surface area contributed by atoms with Crippen LogP contribution in [0.15, 0.2) is 60.8 Å². The molecule has 25 heavy (non-hydrogen) atoms. The van der Waals surface area contributed by atoms with E-state index < -0.39 is 0 Å². The van der Waals surface area contributed by atoms with Crippen LogP contribution in [0.4, 0.5) is 5.69 Å². The summed E-state index contributed by atoms with van der Waals surface area (Å²) >= 11 is 0. The molecule has 124 valence electrons. The molecule has 0 aliphatic heterocycles. The fraction of sp³-hybridized carbons (Fsp3) is 0.105. The third-order valence-corrected chi connectivity index (χ3v) is 4.02. The number of hydrogen-bond donors (Lipinski definition) is 2. The number of hydrogen-bond acceptors (Lipinski definition) is 3. The van der Waals surface area contributed by atoms with Gasteiger partial charge in [-0.25, -0.2) is 4.98 Å². The number of H-pyrrole nitrogens is 1. The van der Waals surface area contributed by atoms with E-state index in [0.29, 0.717) is 11.4 Å². The van der Waals surface area contributed by atoms with Crippen LogP contribution in [0, 0.1) is 0 Å². The molecule has 0 radical (unpaired) electrons. The van der Waals surface area contributed by atoms with E-state index in [1.807, 2.05) is 55.5 Å². The maximum absolute atomic E-state index is 12.5. The van der Waals surface area contributed by atoms with Crippen LogP contribution in [0.5, 0.6) is 0 Å². The SMILES string of the molecule is CCn1ccc(C(=O)Nc2ccccc2-c2nc3ccccc3[nH]2)n1. The van der Waals surface area contributed by atoms with E-state index in [1.165, 1.54) is 0 Å². The van der Waals surface area contributed by atoms with Crippen LogP contribution in [0.1, 0.15) is 17.4 Å². The highest BCUT2D eigenvalue weighted by molar-refractivity contribution is 6.04. The Kier molecular flexibility index (Phi) is 3.78. The highest BCUT2D eigenvalue weighted by atomic mass is 16.1. The molecule has 0 atom stereocenters. The van der Waals surface area contributed by atoms with Crippen LogP contribution >= 0.6 is 0 Å². The summed E-state index contributed by atoms with van der Waals surface area (Å²) in [6.45, 7) is 2.70. The average molecular weight is 331 g/mol. The zero-order valence-corrected chi connectivity index (χ0v) is 13.7. The number of imidazole rings is 1. The number of aromatic amines is 1. The number of carbonyl (C=O) groups excluding carboxylic acids is 1. The minimum absolute atomic E-state index is 0.240. The first-order valence-corrected chi connectivity index (χ1v) is 8.13. The molecule has 0 spiro atoms. The second-order valence-electron chi connectivity index (χ2n) is 5.66. The second-order valence-corrected chi connectivity index (χ2v) is 5.66. The maximum Gasteiger partial charge on any atom is 0.276 e. The van der Waals surface area contributed by atoms with Crippen LogP contribution in [0.2, 0.25) is 0 Å². The minimum Gasteiger partial charge on any atom is -0.338 e. The molecule has 2 heterocycles. The first kappa shape index (κ1) is 15.1. The molecule has 4 aromatic rings. The van der Waals surface area contributed by atoms with Crippen molar-refractivity contribution in [2.24, 2.45) is 0 Å². The van der Waals surface area contributed by atoms with Gasteiger partial charge in [0.1, 0.15) is 5.82 Å². The van der Waals surface area contributed by atoms with Crippen molar-refractivity contribution in [3.05, 3.63) is 66.5 Å². The van der Waals surface area contributed by atoms with Crippen LogP contribution < -0.4 is 5.32 Å². The highest BCUT2D eigenvalue weighted by Gasteiger charge is 2.14. The van der Waals surface area contributed by atoms with Gasteiger partial charge in [0.15, 0.2) is 5.69 Å². The summed E-state index contributed by atoms with van der Waals surface area (Å²) in [5.41, 5.74) is 3.77. The van der Waals surface area contributed by atoms with E-state index in [2.05, 4.69) is 20.4 Å². The number of aryl methyl sites for hydroxylation is 1. The molecule has 0 unspecified atom stereocenters. The quantitative estimate of drug-likeness (QED) is 0.599. The van der Waals surface area contributed by atoms with Crippen LogP contribution in [-0.2, 0) is 6.54 Å². The number of nitrogens with zero attached hydrogens (tertiary/aromatic N) is 3. The molecular weight excluding hydrogens is 314 g/mol. The number of nitrogens with one attached hydrogen (secondary N) is 2. The largest absolute Gasteiger partial charge is 0.338 e. The fourth-order valence-electron chi connectivity index (χ4n) is 2.72. The van der Waals surface area contributed by atoms with E-state index in [-0.39, 0.29) is 5.91 Å². The van der Waals surface area contributed by atoms with Gasteiger partial charge in [-0.1, -0.05) is 24.3 Å². The average Bonchev–Trinajstić information content (AvgIpc) is 3.29. The number of para-hydroxylation sites is 3. The number of benzene rings is 2. The molecular formula is C19H17N5O. The summed E-state index contributed by atoms with van der Waals surface area (Å²) < 4.78 is 1.72. The zero-order valence-electron chi connectivity index (χ0n) is 13.7. The Hall–Kier alpha value is -3.41. The molecule has 2 aromatic heterocycles. The lowest BCUT2D eigenvalue weighted by Gasteiger charge is -2.08. The Morgan fingerprint density at radius 3 is 2.72 bits per heavy atom. The van der Waals surface area contributed by atoms with Crippen molar-refractivity contribution in [2.75, 3.05) is 5.32 Å². The molecule has 0 bridgehead atoms. The third kappa shape index (κ3) is 2.89. The molecule has 0 fully saturated rings. The number of carbonyl (C=O) groups is 1. The van der Waals surface area contributed by atoms with E-state index >= 15 is 0 Å². The molecule has 4 rings (SSSR count).